The molecule has 0 atom stereocenters. The Morgan fingerprint density at radius 2 is 1.64 bits per heavy atom. The first kappa shape index (κ1) is 15.6. The maximum absolute atomic E-state index is 13.5. The molecule has 0 fully saturated rings. The largest absolute Gasteiger partial charge is 0.478 e. The van der Waals surface area contributed by atoms with Crippen molar-refractivity contribution in [1.82, 2.24) is 0 Å². The van der Waals surface area contributed by atoms with Crippen LogP contribution in [-0.4, -0.2) is 22.6 Å². The van der Waals surface area contributed by atoms with Gasteiger partial charge in [-0.15, -0.1) is 0 Å². The predicted octanol–water partition coefficient (Wildman–Crippen LogP) is 3.15. The van der Waals surface area contributed by atoms with Crippen LogP contribution < -0.4 is 0 Å². The summed E-state index contributed by atoms with van der Waals surface area (Å²) in [7, 11) is 0. The van der Waals surface area contributed by atoms with Crippen LogP contribution >= 0.6 is 0 Å². The van der Waals surface area contributed by atoms with E-state index in [0.29, 0.717) is 5.56 Å². The van der Waals surface area contributed by atoms with Gasteiger partial charge in [-0.05, 0) is 30.7 Å². The lowest BCUT2D eigenvalue weighted by atomic mass is 9.97. The van der Waals surface area contributed by atoms with E-state index in [2.05, 4.69) is 0 Å². The summed E-state index contributed by atoms with van der Waals surface area (Å²) in [5.74, 6) is -2.67. The fourth-order valence-corrected chi connectivity index (χ4v) is 2.15. The molecule has 0 aliphatic rings. The summed E-state index contributed by atoms with van der Waals surface area (Å²) in [4.78, 5) is 34.7. The van der Waals surface area contributed by atoms with E-state index in [9.17, 15) is 18.8 Å². The zero-order valence-electron chi connectivity index (χ0n) is 11.8. The van der Waals surface area contributed by atoms with Crippen molar-refractivity contribution in [2.45, 2.75) is 13.3 Å². The highest BCUT2D eigenvalue weighted by atomic mass is 19.1. The first-order valence-electron chi connectivity index (χ1n) is 6.55. The maximum Gasteiger partial charge on any atom is 0.336 e. The number of benzene rings is 2. The molecule has 0 saturated carbocycles. The molecule has 112 valence electrons. The van der Waals surface area contributed by atoms with Crippen molar-refractivity contribution < 1.29 is 23.9 Å². The first-order valence-corrected chi connectivity index (χ1v) is 6.55. The molecule has 0 aliphatic carbocycles. The monoisotopic (exact) mass is 300 g/mol. The molecule has 2 aromatic rings. The van der Waals surface area contributed by atoms with Crippen molar-refractivity contribution in [3.05, 3.63) is 70.5 Å². The van der Waals surface area contributed by atoms with Crippen LogP contribution in [0.5, 0.6) is 0 Å². The van der Waals surface area contributed by atoms with Crippen molar-refractivity contribution >= 4 is 17.5 Å². The highest BCUT2D eigenvalue weighted by molar-refractivity contribution is 6.06. The molecule has 0 unspecified atom stereocenters. The van der Waals surface area contributed by atoms with Crippen LogP contribution in [0.15, 0.2) is 42.5 Å². The van der Waals surface area contributed by atoms with Gasteiger partial charge in [-0.25, -0.2) is 9.18 Å². The van der Waals surface area contributed by atoms with Gasteiger partial charge in [0.1, 0.15) is 5.82 Å². The smallest absolute Gasteiger partial charge is 0.336 e. The van der Waals surface area contributed by atoms with Crippen LogP contribution in [0.3, 0.4) is 0 Å². The molecule has 0 radical (unpaired) electrons. The number of hydrogen-bond acceptors (Lipinski definition) is 3. The fourth-order valence-electron chi connectivity index (χ4n) is 2.15. The van der Waals surface area contributed by atoms with E-state index < -0.39 is 23.4 Å². The third-order valence-electron chi connectivity index (χ3n) is 3.23. The molecule has 2 rings (SSSR count). The highest BCUT2D eigenvalue weighted by Crippen LogP contribution is 2.16. The van der Waals surface area contributed by atoms with Crippen LogP contribution in [0.2, 0.25) is 0 Å². The number of Topliss-reactive ketones (excluding diaryl/α,β-unsaturated/α-hetero) is 2. The molecule has 0 heterocycles. The molecule has 1 N–H and O–H groups in total. The Bertz CT molecular complexity index is 765. The number of carbonyl (C=O) groups excluding carboxylic acids is 2. The molecule has 0 saturated heterocycles. The van der Waals surface area contributed by atoms with E-state index in [0.717, 1.165) is 6.07 Å². The van der Waals surface area contributed by atoms with Crippen molar-refractivity contribution in [2.75, 3.05) is 0 Å². The first-order chi connectivity index (χ1) is 10.4. The average Bonchev–Trinajstić information content (AvgIpc) is 2.48. The van der Waals surface area contributed by atoms with Gasteiger partial charge in [-0.2, -0.15) is 0 Å². The van der Waals surface area contributed by atoms with E-state index >= 15 is 0 Å². The average molecular weight is 300 g/mol. The van der Waals surface area contributed by atoms with Gasteiger partial charge in [0.25, 0.3) is 0 Å². The van der Waals surface area contributed by atoms with Crippen molar-refractivity contribution in [3.63, 3.8) is 0 Å². The third kappa shape index (κ3) is 3.25. The van der Waals surface area contributed by atoms with Crippen LogP contribution in [0, 0.1) is 5.82 Å². The second kappa shape index (κ2) is 6.30. The van der Waals surface area contributed by atoms with E-state index in [1.807, 2.05) is 0 Å². The number of ketones is 2. The summed E-state index contributed by atoms with van der Waals surface area (Å²) in [5.41, 5.74) is 0.374. The van der Waals surface area contributed by atoms with Gasteiger partial charge < -0.3 is 5.11 Å². The predicted molar refractivity (Wildman–Crippen MR) is 77.8 cm³/mol. The number of rotatable bonds is 5. The van der Waals surface area contributed by atoms with Gasteiger partial charge >= 0.3 is 5.97 Å². The zero-order valence-corrected chi connectivity index (χ0v) is 11.8. The van der Waals surface area contributed by atoms with Gasteiger partial charge in [0.15, 0.2) is 11.6 Å². The Morgan fingerprint density at radius 3 is 2.23 bits per heavy atom. The lowest BCUT2D eigenvalue weighted by Gasteiger charge is -2.07. The van der Waals surface area contributed by atoms with Gasteiger partial charge in [-0.3, -0.25) is 9.59 Å². The molecule has 0 amide bonds. The lowest BCUT2D eigenvalue weighted by Crippen LogP contribution is -2.11. The minimum Gasteiger partial charge on any atom is -0.478 e. The van der Waals surface area contributed by atoms with Crippen molar-refractivity contribution in [3.8, 4) is 0 Å². The fraction of sp³-hybridized carbons (Fsp3) is 0.118. The number of aromatic carboxylic acids is 1. The van der Waals surface area contributed by atoms with E-state index in [-0.39, 0.29) is 23.1 Å². The summed E-state index contributed by atoms with van der Waals surface area (Å²) < 4.78 is 13.5. The molecule has 0 aromatic heterocycles. The van der Waals surface area contributed by atoms with Gasteiger partial charge in [0, 0.05) is 12.0 Å². The number of carboxylic acids is 1. The van der Waals surface area contributed by atoms with Crippen LogP contribution in [0.1, 0.15) is 43.6 Å². The Balaban J connectivity index is 2.32. The maximum atomic E-state index is 13.5. The quantitative estimate of drug-likeness (QED) is 0.861. The Kier molecular flexibility index (Phi) is 4.46. The third-order valence-corrected chi connectivity index (χ3v) is 3.23. The van der Waals surface area contributed by atoms with Crippen molar-refractivity contribution in [2.24, 2.45) is 0 Å². The standard InChI is InChI=1S/C17H13FO4/c1-10(19)14-8-11(6-7-15(14)18)9-16(20)12-4-2-3-5-13(12)17(21)22/h2-8H,9H2,1H3,(H,21,22). The minimum atomic E-state index is -1.19. The van der Waals surface area contributed by atoms with Crippen LogP contribution in [0.25, 0.3) is 0 Å². The number of hydrogen-bond donors (Lipinski definition) is 1. The molecule has 2 aromatic carbocycles. The topological polar surface area (TPSA) is 71.4 Å². The summed E-state index contributed by atoms with van der Waals surface area (Å²) >= 11 is 0. The molecule has 0 spiro atoms. The molecule has 5 heteroatoms. The van der Waals surface area contributed by atoms with E-state index in [1.165, 1.54) is 37.3 Å². The Hall–Kier alpha value is -2.82. The van der Waals surface area contributed by atoms with Gasteiger partial charge in [-0.1, -0.05) is 24.3 Å². The SMILES string of the molecule is CC(=O)c1cc(CC(=O)c2ccccc2C(=O)O)ccc1F. The molecule has 0 aliphatic heterocycles. The van der Waals surface area contributed by atoms with Gasteiger partial charge in [0.05, 0.1) is 11.1 Å². The number of carbonyl (C=O) groups is 3. The zero-order chi connectivity index (χ0) is 16.3. The van der Waals surface area contributed by atoms with Crippen molar-refractivity contribution in [1.29, 1.82) is 0 Å². The number of carboxylic acid groups (broad SMARTS) is 1. The normalized spacial score (nSPS) is 10.3. The van der Waals surface area contributed by atoms with Gasteiger partial charge in [0.2, 0.25) is 0 Å². The summed E-state index contributed by atoms with van der Waals surface area (Å²) in [6.07, 6.45) is -0.106. The van der Waals surface area contributed by atoms with E-state index in [4.69, 9.17) is 5.11 Å². The molecule has 0 bridgehead atoms. The summed E-state index contributed by atoms with van der Waals surface area (Å²) in [6, 6.07) is 9.74. The van der Waals surface area contributed by atoms with Crippen LogP contribution in [0.4, 0.5) is 4.39 Å². The van der Waals surface area contributed by atoms with E-state index in [1.54, 1.807) is 6.07 Å². The van der Waals surface area contributed by atoms with Crippen LogP contribution in [-0.2, 0) is 6.42 Å². The number of halogens is 1. The second-order valence-electron chi connectivity index (χ2n) is 4.82. The molecule has 22 heavy (non-hydrogen) atoms. The highest BCUT2D eigenvalue weighted by Gasteiger charge is 2.17. The molecular weight excluding hydrogens is 287 g/mol. The Morgan fingerprint density at radius 1 is 1.00 bits per heavy atom. The molecular formula is C17H13FO4. The lowest BCUT2D eigenvalue weighted by molar-refractivity contribution is 0.0691. The summed E-state index contributed by atoms with van der Waals surface area (Å²) in [6.45, 7) is 1.24. The summed E-state index contributed by atoms with van der Waals surface area (Å²) in [5, 5.41) is 9.09. The second-order valence-corrected chi connectivity index (χ2v) is 4.82. The minimum absolute atomic E-state index is 0.0820. The molecule has 4 nitrogen and oxygen atoms in total. The Labute approximate surface area is 126 Å².